The second kappa shape index (κ2) is 9.45. The SMILES string of the molecule is COc1ccc(CN2CCC(N3CCN(c4ncc(C=O)cc4O)CC3)CC2)cc1. The predicted octanol–water partition coefficient (Wildman–Crippen LogP) is 2.39. The first-order valence-electron chi connectivity index (χ1n) is 10.6. The minimum absolute atomic E-state index is 0.0832. The molecule has 0 spiro atoms. The number of anilines is 1. The van der Waals surface area contributed by atoms with Gasteiger partial charge in [-0.3, -0.25) is 14.6 Å². The predicted molar refractivity (Wildman–Crippen MR) is 116 cm³/mol. The molecule has 0 saturated carbocycles. The summed E-state index contributed by atoms with van der Waals surface area (Å²) in [5.41, 5.74) is 1.73. The number of ether oxygens (including phenoxy) is 1. The molecule has 2 saturated heterocycles. The largest absolute Gasteiger partial charge is 0.504 e. The molecule has 0 amide bonds. The van der Waals surface area contributed by atoms with Crippen LogP contribution in [0.15, 0.2) is 36.5 Å². The van der Waals surface area contributed by atoms with Crippen molar-refractivity contribution in [3.05, 3.63) is 47.7 Å². The molecule has 3 heterocycles. The van der Waals surface area contributed by atoms with E-state index in [1.54, 1.807) is 7.11 Å². The van der Waals surface area contributed by atoms with Crippen LogP contribution >= 0.6 is 0 Å². The van der Waals surface area contributed by atoms with Crippen LogP contribution in [0.2, 0.25) is 0 Å². The van der Waals surface area contributed by atoms with Crippen molar-refractivity contribution in [1.82, 2.24) is 14.8 Å². The number of rotatable bonds is 6. The van der Waals surface area contributed by atoms with Crippen molar-refractivity contribution in [2.75, 3.05) is 51.3 Å². The molecule has 1 aromatic heterocycles. The maximum Gasteiger partial charge on any atom is 0.171 e. The zero-order chi connectivity index (χ0) is 20.9. The van der Waals surface area contributed by atoms with Gasteiger partial charge in [-0.05, 0) is 49.7 Å². The van der Waals surface area contributed by atoms with E-state index in [4.69, 9.17) is 4.74 Å². The van der Waals surface area contributed by atoms with Gasteiger partial charge in [0.2, 0.25) is 0 Å². The molecule has 160 valence electrons. The first-order chi connectivity index (χ1) is 14.7. The highest BCUT2D eigenvalue weighted by atomic mass is 16.5. The second-order valence-electron chi connectivity index (χ2n) is 8.11. The van der Waals surface area contributed by atoms with Crippen molar-refractivity contribution in [2.24, 2.45) is 0 Å². The number of piperazine rings is 1. The Kier molecular flexibility index (Phi) is 6.50. The zero-order valence-corrected chi connectivity index (χ0v) is 17.5. The molecule has 2 aliphatic heterocycles. The number of nitrogens with zero attached hydrogens (tertiary/aromatic N) is 4. The van der Waals surface area contributed by atoms with Gasteiger partial charge in [0.1, 0.15) is 5.75 Å². The number of benzene rings is 1. The van der Waals surface area contributed by atoms with E-state index in [2.05, 4.69) is 31.8 Å². The smallest absolute Gasteiger partial charge is 0.171 e. The normalized spacial score (nSPS) is 19.0. The number of carbonyl (C=O) groups is 1. The molecular weight excluding hydrogens is 380 g/mol. The third-order valence-electron chi connectivity index (χ3n) is 6.26. The number of hydrogen-bond acceptors (Lipinski definition) is 7. The fourth-order valence-electron chi connectivity index (χ4n) is 4.50. The Balaban J connectivity index is 1.24. The summed E-state index contributed by atoms with van der Waals surface area (Å²) in [6, 6.07) is 10.5. The zero-order valence-electron chi connectivity index (χ0n) is 17.5. The molecule has 0 atom stereocenters. The lowest BCUT2D eigenvalue weighted by atomic mass is 10.0. The van der Waals surface area contributed by atoms with E-state index in [-0.39, 0.29) is 5.75 Å². The Bertz CT molecular complexity index is 842. The van der Waals surface area contributed by atoms with Gasteiger partial charge in [0, 0.05) is 50.5 Å². The number of piperidine rings is 1. The van der Waals surface area contributed by atoms with Crippen molar-refractivity contribution >= 4 is 12.1 Å². The van der Waals surface area contributed by atoms with Crippen molar-refractivity contribution in [2.45, 2.75) is 25.4 Å². The Labute approximate surface area is 177 Å². The van der Waals surface area contributed by atoms with Crippen molar-refractivity contribution in [3.63, 3.8) is 0 Å². The lowest BCUT2D eigenvalue weighted by Crippen LogP contribution is -2.53. The first kappa shape index (κ1) is 20.6. The molecule has 2 fully saturated rings. The number of hydrogen-bond donors (Lipinski definition) is 1. The third kappa shape index (κ3) is 4.74. The number of aldehydes is 1. The summed E-state index contributed by atoms with van der Waals surface area (Å²) in [7, 11) is 1.70. The molecule has 0 radical (unpaired) electrons. The fraction of sp³-hybridized carbons (Fsp3) is 0.478. The van der Waals surface area contributed by atoms with Crippen LogP contribution in [0.5, 0.6) is 11.5 Å². The number of aromatic hydroxyl groups is 1. The van der Waals surface area contributed by atoms with Crippen LogP contribution < -0.4 is 9.64 Å². The summed E-state index contributed by atoms with van der Waals surface area (Å²) < 4.78 is 5.24. The van der Waals surface area contributed by atoms with E-state index in [0.29, 0.717) is 23.7 Å². The van der Waals surface area contributed by atoms with Gasteiger partial charge in [-0.15, -0.1) is 0 Å². The Hall–Kier alpha value is -2.64. The minimum atomic E-state index is 0.0832. The van der Waals surface area contributed by atoms with E-state index in [0.717, 1.165) is 51.6 Å². The summed E-state index contributed by atoms with van der Waals surface area (Å²) in [4.78, 5) is 22.3. The van der Waals surface area contributed by atoms with Crippen LogP contribution in [0, 0.1) is 0 Å². The van der Waals surface area contributed by atoms with Crippen LogP contribution in [0.3, 0.4) is 0 Å². The Morgan fingerprint density at radius 2 is 1.80 bits per heavy atom. The monoisotopic (exact) mass is 410 g/mol. The first-order valence-corrected chi connectivity index (χ1v) is 10.6. The van der Waals surface area contributed by atoms with Crippen LogP contribution in [0.1, 0.15) is 28.8 Å². The van der Waals surface area contributed by atoms with Gasteiger partial charge in [0.25, 0.3) is 0 Å². The number of carbonyl (C=O) groups excluding carboxylic acids is 1. The van der Waals surface area contributed by atoms with Gasteiger partial charge in [-0.2, -0.15) is 0 Å². The lowest BCUT2D eigenvalue weighted by molar-refractivity contribution is 0.0996. The molecule has 1 N–H and O–H groups in total. The van der Waals surface area contributed by atoms with Gasteiger partial charge in [-0.25, -0.2) is 4.98 Å². The van der Waals surface area contributed by atoms with E-state index in [9.17, 15) is 9.90 Å². The average Bonchev–Trinajstić information content (AvgIpc) is 2.80. The van der Waals surface area contributed by atoms with Gasteiger partial charge in [0.05, 0.1) is 7.11 Å². The summed E-state index contributed by atoms with van der Waals surface area (Å²) >= 11 is 0. The highest BCUT2D eigenvalue weighted by Crippen LogP contribution is 2.27. The molecule has 1 aromatic carbocycles. The molecule has 2 aromatic rings. The highest BCUT2D eigenvalue weighted by Gasteiger charge is 2.28. The molecule has 7 nitrogen and oxygen atoms in total. The highest BCUT2D eigenvalue weighted by molar-refractivity contribution is 5.76. The van der Waals surface area contributed by atoms with Gasteiger partial charge in [0.15, 0.2) is 17.9 Å². The van der Waals surface area contributed by atoms with Gasteiger partial charge < -0.3 is 14.7 Å². The van der Waals surface area contributed by atoms with E-state index in [1.807, 2.05) is 12.1 Å². The topological polar surface area (TPSA) is 69.1 Å². The van der Waals surface area contributed by atoms with Crippen molar-refractivity contribution in [3.8, 4) is 11.5 Å². The Morgan fingerprint density at radius 1 is 1.10 bits per heavy atom. The van der Waals surface area contributed by atoms with Crippen molar-refractivity contribution in [1.29, 1.82) is 0 Å². The second-order valence-corrected chi connectivity index (χ2v) is 8.11. The summed E-state index contributed by atoms with van der Waals surface area (Å²) in [5.74, 6) is 1.56. The average molecular weight is 411 g/mol. The Morgan fingerprint density at radius 3 is 2.40 bits per heavy atom. The minimum Gasteiger partial charge on any atom is -0.504 e. The standard InChI is InChI=1S/C23H30N4O3/c1-30-21-4-2-18(3-5-21)16-25-8-6-20(7-9-25)26-10-12-27(13-11-26)23-22(29)14-19(17-28)15-24-23/h2-5,14-15,17,20,29H,6-13,16H2,1H3. The molecule has 2 aliphatic rings. The maximum atomic E-state index is 10.8. The maximum absolute atomic E-state index is 10.8. The van der Waals surface area contributed by atoms with Crippen LogP contribution in [-0.4, -0.2) is 78.6 Å². The molecule has 30 heavy (non-hydrogen) atoms. The molecule has 0 aliphatic carbocycles. The summed E-state index contributed by atoms with van der Waals surface area (Å²) in [6.07, 6.45) is 4.60. The summed E-state index contributed by atoms with van der Waals surface area (Å²) in [5, 5.41) is 10.2. The van der Waals surface area contributed by atoms with Crippen molar-refractivity contribution < 1.29 is 14.6 Å². The van der Waals surface area contributed by atoms with E-state index in [1.165, 1.54) is 30.7 Å². The number of methoxy groups -OCH3 is 1. The van der Waals surface area contributed by atoms with Gasteiger partial charge >= 0.3 is 0 Å². The van der Waals surface area contributed by atoms with Gasteiger partial charge in [-0.1, -0.05) is 12.1 Å². The summed E-state index contributed by atoms with van der Waals surface area (Å²) in [6.45, 7) is 6.85. The van der Waals surface area contributed by atoms with E-state index < -0.39 is 0 Å². The number of likely N-dealkylation sites (tertiary alicyclic amines) is 1. The lowest BCUT2D eigenvalue weighted by Gasteiger charge is -2.43. The molecule has 0 bridgehead atoms. The quantitative estimate of drug-likeness (QED) is 0.734. The van der Waals surface area contributed by atoms with Crippen LogP contribution in [0.4, 0.5) is 5.82 Å². The fourth-order valence-corrected chi connectivity index (χ4v) is 4.50. The van der Waals surface area contributed by atoms with Crippen LogP contribution in [-0.2, 0) is 6.54 Å². The van der Waals surface area contributed by atoms with E-state index >= 15 is 0 Å². The van der Waals surface area contributed by atoms with Crippen LogP contribution in [0.25, 0.3) is 0 Å². The molecule has 4 rings (SSSR count). The molecule has 7 heteroatoms. The molecule has 0 unspecified atom stereocenters. The number of aromatic nitrogens is 1. The molecular formula is C23H30N4O3. The number of pyridine rings is 1. The third-order valence-corrected chi connectivity index (χ3v) is 6.26.